The third-order valence-corrected chi connectivity index (χ3v) is 4.08. The smallest absolute Gasteiger partial charge is 0.182 e. The van der Waals surface area contributed by atoms with Gasteiger partial charge in [-0.25, -0.2) is 4.68 Å². The van der Waals surface area contributed by atoms with E-state index < -0.39 is 10.8 Å². The van der Waals surface area contributed by atoms with Crippen molar-refractivity contribution in [2.24, 2.45) is 0 Å². The number of aryl methyl sites for hydroxylation is 1. The number of hydrogen-bond donors (Lipinski definition) is 1. The van der Waals surface area contributed by atoms with Gasteiger partial charge in [-0.1, -0.05) is 12.1 Å². The maximum Gasteiger partial charge on any atom is 0.182 e. The molecule has 0 aliphatic heterocycles. The van der Waals surface area contributed by atoms with E-state index in [1.54, 1.807) is 10.9 Å². The Morgan fingerprint density at radius 2 is 2.20 bits per heavy atom. The van der Waals surface area contributed by atoms with Gasteiger partial charge in [0.15, 0.2) is 5.82 Å². The van der Waals surface area contributed by atoms with Crippen LogP contribution in [0.3, 0.4) is 0 Å². The molecule has 20 heavy (non-hydrogen) atoms. The molecule has 0 bridgehead atoms. The summed E-state index contributed by atoms with van der Waals surface area (Å²) in [6.45, 7) is 3.98. The van der Waals surface area contributed by atoms with Crippen molar-refractivity contribution < 1.29 is 4.21 Å². The zero-order valence-corrected chi connectivity index (χ0v) is 12.7. The van der Waals surface area contributed by atoms with Crippen LogP contribution >= 0.6 is 0 Å². The van der Waals surface area contributed by atoms with Gasteiger partial charge in [0.05, 0.1) is 6.04 Å². The molecule has 1 aromatic heterocycles. The van der Waals surface area contributed by atoms with E-state index in [2.05, 4.69) is 15.5 Å². The number of aromatic nitrogens is 4. The lowest BCUT2D eigenvalue weighted by Gasteiger charge is -2.13. The second-order valence-corrected chi connectivity index (χ2v) is 6.49. The van der Waals surface area contributed by atoms with Crippen LogP contribution in [0.2, 0.25) is 0 Å². The molecule has 0 aliphatic rings. The third kappa shape index (κ3) is 3.22. The van der Waals surface area contributed by atoms with Crippen LogP contribution < -0.4 is 5.73 Å². The van der Waals surface area contributed by atoms with Gasteiger partial charge < -0.3 is 5.73 Å². The lowest BCUT2D eigenvalue weighted by Crippen LogP contribution is -2.12. The van der Waals surface area contributed by atoms with Gasteiger partial charge in [-0.05, 0) is 42.3 Å². The minimum absolute atomic E-state index is 0.0893. The highest BCUT2D eigenvalue weighted by molar-refractivity contribution is 7.84. The first kappa shape index (κ1) is 14.6. The number of anilines is 1. The van der Waals surface area contributed by atoms with E-state index in [0.717, 1.165) is 23.2 Å². The lowest BCUT2D eigenvalue weighted by molar-refractivity contribution is 0.470. The largest absolute Gasteiger partial charge is 0.398 e. The highest BCUT2D eigenvalue weighted by Crippen LogP contribution is 2.24. The van der Waals surface area contributed by atoms with Gasteiger partial charge in [0.1, 0.15) is 0 Å². The molecule has 0 spiro atoms. The summed E-state index contributed by atoms with van der Waals surface area (Å²) in [5.74, 6) is 1.32. The Morgan fingerprint density at radius 1 is 1.45 bits per heavy atom. The quantitative estimate of drug-likeness (QED) is 0.845. The molecule has 0 saturated heterocycles. The molecule has 0 aliphatic carbocycles. The summed E-state index contributed by atoms with van der Waals surface area (Å²) in [5, 5.41) is 11.9. The average Bonchev–Trinajstić information content (AvgIpc) is 2.88. The first-order chi connectivity index (χ1) is 9.49. The van der Waals surface area contributed by atoms with Crippen LogP contribution in [0.1, 0.15) is 24.9 Å². The maximum absolute atomic E-state index is 11.2. The fourth-order valence-corrected chi connectivity index (χ4v) is 2.59. The van der Waals surface area contributed by atoms with Crippen molar-refractivity contribution in [1.29, 1.82) is 0 Å². The van der Waals surface area contributed by atoms with Gasteiger partial charge in [-0.3, -0.25) is 4.21 Å². The molecule has 0 amide bonds. The van der Waals surface area contributed by atoms with Gasteiger partial charge in [0.25, 0.3) is 0 Å². The summed E-state index contributed by atoms with van der Waals surface area (Å²) in [7, 11) is -0.808. The molecule has 6 nitrogen and oxygen atoms in total. The molecular weight excluding hydrogens is 274 g/mol. The fourth-order valence-electron chi connectivity index (χ4n) is 1.92. The average molecular weight is 293 g/mol. The van der Waals surface area contributed by atoms with Crippen LogP contribution in [-0.4, -0.2) is 36.4 Å². The fraction of sp³-hybridized carbons (Fsp3) is 0.462. The number of nitrogens with zero attached hydrogens (tertiary/aromatic N) is 4. The van der Waals surface area contributed by atoms with Crippen molar-refractivity contribution in [3.8, 4) is 11.4 Å². The molecule has 7 heteroatoms. The molecule has 0 saturated carbocycles. The van der Waals surface area contributed by atoms with E-state index in [0.29, 0.717) is 11.6 Å². The van der Waals surface area contributed by atoms with Crippen LogP contribution in [0.4, 0.5) is 5.69 Å². The van der Waals surface area contributed by atoms with Crippen molar-refractivity contribution in [3.05, 3.63) is 23.8 Å². The number of nitrogens with two attached hydrogens (primary N) is 1. The maximum atomic E-state index is 11.2. The van der Waals surface area contributed by atoms with Gasteiger partial charge in [0, 0.05) is 34.1 Å². The number of tetrazole rings is 1. The Bertz CT molecular complexity index is 625. The van der Waals surface area contributed by atoms with Crippen LogP contribution in [0, 0.1) is 6.92 Å². The summed E-state index contributed by atoms with van der Waals surface area (Å²) in [6.07, 6.45) is 2.47. The first-order valence-corrected chi connectivity index (χ1v) is 8.16. The molecular formula is C13H19N5OS. The number of rotatable bonds is 5. The third-order valence-electron chi connectivity index (χ3n) is 3.27. The molecule has 108 valence electrons. The molecule has 2 N–H and O–H groups in total. The van der Waals surface area contributed by atoms with Gasteiger partial charge in [0.2, 0.25) is 0 Å². The van der Waals surface area contributed by atoms with E-state index in [-0.39, 0.29) is 6.04 Å². The van der Waals surface area contributed by atoms with E-state index >= 15 is 0 Å². The van der Waals surface area contributed by atoms with E-state index in [1.165, 1.54) is 0 Å². The molecule has 2 atom stereocenters. The van der Waals surface area contributed by atoms with Crippen molar-refractivity contribution >= 4 is 16.5 Å². The van der Waals surface area contributed by atoms with Gasteiger partial charge in [-0.15, -0.1) is 5.10 Å². The van der Waals surface area contributed by atoms with Crippen molar-refractivity contribution in [3.63, 3.8) is 0 Å². The Morgan fingerprint density at radius 3 is 2.85 bits per heavy atom. The summed E-state index contributed by atoms with van der Waals surface area (Å²) in [4.78, 5) is 0. The molecule has 1 heterocycles. The summed E-state index contributed by atoms with van der Waals surface area (Å²) in [6, 6.07) is 5.88. The molecule has 2 rings (SSSR count). The number of nitrogen functional groups attached to an aromatic ring is 1. The van der Waals surface area contributed by atoms with Gasteiger partial charge in [-0.2, -0.15) is 0 Å². The van der Waals surface area contributed by atoms with Crippen molar-refractivity contribution in [2.75, 3.05) is 17.7 Å². The number of benzene rings is 1. The van der Waals surface area contributed by atoms with Crippen molar-refractivity contribution in [2.45, 2.75) is 26.3 Å². The summed E-state index contributed by atoms with van der Waals surface area (Å²) >= 11 is 0. The van der Waals surface area contributed by atoms with Crippen LogP contribution in [0.5, 0.6) is 0 Å². The minimum Gasteiger partial charge on any atom is -0.398 e. The number of hydrogen-bond acceptors (Lipinski definition) is 5. The molecule has 2 aromatic rings. The second kappa shape index (κ2) is 6.13. The Hall–Kier alpha value is -1.76. The molecule has 0 radical (unpaired) electrons. The predicted octanol–water partition coefficient (Wildman–Crippen LogP) is 1.56. The standard InChI is InChI=1S/C13H19N5OS/c1-9-4-5-11(8-12(9)14)13-15-16-17-18(13)10(2)6-7-20(3)19/h4-5,8,10H,6-7,14H2,1-3H3. The SMILES string of the molecule is Cc1ccc(-c2nnnn2C(C)CCS(C)=O)cc1N. The Labute approximate surface area is 120 Å². The molecule has 2 unspecified atom stereocenters. The van der Waals surface area contributed by atoms with Gasteiger partial charge >= 0.3 is 0 Å². The van der Waals surface area contributed by atoms with Crippen LogP contribution in [-0.2, 0) is 10.8 Å². The van der Waals surface area contributed by atoms with Crippen LogP contribution in [0.15, 0.2) is 18.2 Å². The van der Waals surface area contributed by atoms with E-state index in [9.17, 15) is 4.21 Å². The highest BCUT2D eigenvalue weighted by atomic mass is 32.2. The molecule has 0 fully saturated rings. The van der Waals surface area contributed by atoms with Crippen LogP contribution in [0.25, 0.3) is 11.4 Å². The van der Waals surface area contributed by atoms with Crippen molar-refractivity contribution in [1.82, 2.24) is 20.2 Å². The minimum atomic E-state index is -0.808. The molecule has 1 aromatic carbocycles. The Kier molecular flexibility index (Phi) is 4.49. The zero-order valence-electron chi connectivity index (χ0n) is 11.9. The Balaban J connectivity index is 2.27. The summed E-state index contributed by atoms with van der Waals surface area (Å²) < 4.78 is 12.9. The zero-order chi connectivity index (χ0) is 14.7. The summed E-state index contributed by atoms with van der Waals surface area (Å²) in [5.41, 5.74) is 8.58. The highest BCUT2D eigenvalue weighted by Gasteiger charge is 2.15. The normalized spacial score (nSPS) is 14.2. The van der Waals surface area contributed by atoms with E-state index in [4.69, 9.17) is 5.73 Å². The predicted molar refractivity (Wildman–Crippen MR) is 80.7 cm³/mol. The van der Waals surface area contributed by atoms with E-state index in [1.807, 2.05) is 32.0 Å². The lowest BCUT2D eigenvalue weighted by atomic mass is 10.1. The topological polar surface area (TPSA) is 86.7 Å². The second-order valence-electron chi connectivity index (χ2n) is 4.93. The first-order valence-electron chi connectivity index (χ1n) is 6.43. The monoisotopic (exact) mass is 293 g/mol.